The molecule has 23 heavy (non-hydrogen) atoms. The number of nitrogens with zero attached hydrogens (tertiary/aromatic N) is 1. The highest BCUT2D eigenvalue weighted by Gasteiger charge is 2.34. The molecule has 0 aliphatic carbocycles. The van der Waals surface area contributed by atoms with Crippen molar-refractivity contribution >= 4 is 5.91 Å². The van der Waals surface area contributed by atoms with Crippen LogP contribution < -0.4 is 0 Å². The van der Waals surface area contributed by atoms with E-state index >= 15 is 0 Å². The lowest BCUT2D eigenvalue weighted by molar-refractivity contribution is 0.0520. The van der Waals surface area contributed by atoms with Gasteiger partial charge < -0.3 is 19.8 Å². The minimum atomic E-state index is -0.688. The SMILES string of the molecule is CCN(C(=O)c1ccc(CCC(C)(C)O)cc1)[C@@H]1COC[C@H]1O. The summed E-state index contributed by atoms with van der Waals surface area (Å²) in [5.74, 6) is -0.0870. The molecule has 0 bridgehead atoms. The third kappa shape index (κ3) is 4.77. The van der Waals surface area contributed by atoms with Gasteiger partial charge in [-0.15, -0.1) is 0 Å². The predicted octanol–water partition coefficient (Wildman–Crippen LogP) is 1.61. The van der Waals surface area contributed by atoms with Crippen LogP contribution in [0, 0.1) is 0 Å². The molecule has 2 rings (SSSR count). The Bertz CT molecular complexity index is 521. The predicted molar refractivity (Wildman–Crippen MR) is 88.4 cm³/mol. The van der Waals surface area contributed by atoms with Crippen LogP contribution in [0.5, 0.6) is 0 Å². The molecule has 0 spiro atoms. The summed E-state index contributed by atoms with van der Waals surface area (Å²) in [6.45, 7) is 6.68. The zero-order valence-corrected chi connectivity index (χ0v) is 14.2. The highest BCUT2D eigenvalue weighted by molar-refractivity contribution is 5.94. The van der Waals surface area contributed by atoms with E-state index < -0.39 is 11.7 Å². The second-order valence-electron chi connectivity index (χ2n) is 6.77. The Morgan fingerprint density at radius 2 is 1.96 bits per heavy atom. The van der Waals surface area contributed by atoms with Gasteiger partial charge in [0.05, 0.1) is 31.0 Å². The Kier molecular flexibility index (Phi) is 5.79. The van der Waals surface area contributed by atoms with Gasteiger partial charge in [-0.25, -0.2) is 0 Å². The van der Waals surface area contributed by atoms with Gasteiger partial charge >= 0.3 is 0 Å². The number of aliphatic hydroxyl groups excluding tert-OH is 1. The number of hydrogen-bond acceptors (Lipinski definition) is 4. The largest absolute Gasteiger partial charge is 0.390 e. The average Bonchev–Trinajstić information content (AvgIpc) is 2.92. The Morgan fingerprint density at radius 3 is 2.43 bits per heavy atom. The Labute approximate surface area is 137 Å². The van der Waals surface area contributed by atoms with Gasteiger partial charge in [-0.3, -0.25) is 4.79 Å². The highest BCUT2D eigenvalue weighted by Crippen LogP contribution is 2.18. The number of rotatable bonds is 6. The summed E-state index contributed by atoms with van der Waals surface area (Å²) in [4.78, 5) is 14.3. The van der Waals surface area contributed by atoms with E-state index in [4.69, 9.17) is 4.74 Å². The average molecular weight is 321 g/mol. The molecule has 2 atom stereocenters. The lowest BCUT2D eigenvalue weighted by Crippen LogP contribution is -2.46. The third-order valence-corrected chi connectivity index (χ3v) is 4.25. The summed E-state index contributed by atoms with van der Waals surface area (Å²) in [5, 5.41) is 19.7. The molecule has 1 aliphatic rings. The van der Waals surface area contributed by atoms with Gasteiger partial charge in [0.15, 0.2) is 0 Å². The molecular formula is C18H27NO4. The number of ether oxygens (including phenoxy) is 1. The standard InChI is InChI=1S/C18H27NO4/c1-4-19(15-11-23-12-16(15)20)17(21)14-7-5-13(6-8-14)9-10-18(2,3)22/h5-8,15-16,20,22H,4,9-12H2,1-3H3/t15-,16-/m1/s1. The van der Waals surface area contributed by atoms with Crippen LogP contribution in [0.25, 0.3) is 0 Å². The maximum Gasteiger partial charge on any atom is 0.254 e. The van der Waals surface area contributed by atoms with Gasteiger partial charge in [0.2, 0.25) is 0 Å². The van der Waals surface area contributed by atoms with Gasteiger partial charge in [-0.2, -0.15) is 0 Å². The molecule has 0 unspecified atom stereocenters. The zero-order chi connectivity index (χ0) is 17.0. The van der Waals surface area contributed by atoms with Crippen molar-refractivity contribution in [1.29, 1.82) is 0 Å². The molecule has 0 aromatic heterocycles. The van der Waals surface area contributed by atoms with Crippen molar-refractivity contribution in [3.8, 4) is 0 Å². The minimum Gasteiger partial charge on any atom is -0.390 e. The minimum absolute atomic E-state index is 0.0870. The third-order valence-electron chi connectivity index (χ3n) is 4.25. The topological polar surface area (TPSA) is 70.0 Å². The van der Waals surface area contributed by atoms with Gasteiger partial charge in [-0.1, -0.05) is 12.1 Å². The first kappa shape index (κ1) is 17.9. The maximum absolute atomic E-state index is 12.7. The fourth-order valence-electron chi connectivity index (χ4n) is 2.79. The normalized spacial score (nSPS) is 21.4. The molecule has 1 aromatic carbocycles. The summed E-state index contributed by atoms with van der Waals surface area (Å²) >= 11 is 0. The van der Waals surface area contributed by atoms with Crippen LogP contribution in [0.15, 0.2) is 24.3 Å². The van der Waals surface area contributed by atoms with E-state index in [1.165, 1.54) is 0 Å². The summed E-state index contributed by atoms with van der Waals surface area (Å²) in [7, 11) is 0. The molecule has 1 saturated heterocycles. The molecule has 1 heterocycles. The molecule has 0 saturated carbocycles. The van der Waals surface area contributed by atoms with Crippen LogP contribution in [0.4, 0.5) is 0 Å². The fraction of sp³-hybridized carbons (Fsp3) is 0.611. The van der Waals surface area contributed by atoms with E-state index in [1.807, 2.05) is 31.2 Å². The quantitative estimate of drug-likeness (QED) is 0.835. The van der Waals surface area contributed by atoms with Gasteiger partial charge in [-0.05, 0) is 51.3 Å². The van der Waals surface area contributed by atoms with E-state index in [-0.39, 0.29) is 18.6 Å². The first-order chi connectivity index (χ1) is 10.8. The number of likely N-dealkylation sites (N-methyl/N-ethyl adjacent to an activating group) is 1. The molecule has 128 valence electrons. The van der Waals surface area contributed by atoms with Crippen molar-refractivity contribution in [2.45, 2.75) is 51.4 Å². The van der Waals surface area contributed by atoms with E-state index in [2.05, 4.69) is 0 Å². The van der Waals surface area contributed by atoms with Crippen LogP contribution in [0.3, 0.4) is 0 Å². The van der Waals surface area contributed by atoms with Crippen molar-refractivity contribution in [3.63, 3.8) is 0 Å². The number of carbonyl (C=O) groups excluding carboxylic acids is 1. The lowest BCUT2D eigenvalue weighted by atomic mass is 9.98. The number of aryl methyl sites for hydroxylation is 1. The van der Waals surface area contributed by atoms with E-state index in [0.29, 0.717) is 25.1 Å². The van der Waals surface area contributed by atoms with Crippen molar-refractivity contribution in [2.75, 3.05) is 19.8 Å². The van der Waals surface area contributed by atoms with Crippen molar-refractivity contribution in [1.82, 2.24) is 4.90 Å². The smallest absolute Gasteiger partial charge is 0.254 e. The highest BCUT2D eigenvalue weighted by atomic mass is 16.5. The van der Waals surface area contributed by atoms with Crippen LogP contribution in [-0.4, -0.2) is 58.5 Å². The number of carbonyl (C=O) groups is 1. The summed E-state index contributed by atoms with van der Waals surface area (Å²) < 4.78 is 5.25. The Hall–Kier alpha value is -1.43. The molecule has 1 aromatic rings. The summed E-state index contributed by atoms with van der Waals surface area (Å²) in [6, 6.07) is 7.20. The van der Waals surface area contributed by atoms with Gasteiger partial charge in [0.1, 0.15) is 0 Å². The lowest BCUT2D eigenvalue weighted by Gasteiger charge is -2.29. The molecule has 0 radical (unpaired) electrons. The van der Waals surface area contributed by atoms with E-state index in [9.17, 15) is 15.0 Å². The van der Waals surface area contributed by atoms with Crippen molar-refractivity contribution < 1.29 is 19.7 Å². The maximum atomic E-state index is 12.7. The summed E-state index contributed by atoms with van der Waals surface area (Å²) in [6.07, 6.45) is 0.822. The molecule has 1 fully saturated rings. The fourth-order valence-corrected chi connectivity index (χ4v) is 2.79. The molecular weight excluding hydrogens is 294 g/mol. The Morgan fingerprint density at radius 1 is 1.30 bits per heavy atom. The van der Waals surface area contributed by atoms with Crippen LogP contribution in [-0.2, 0) is 11.2 Å². The molecule has 5 heteroatoms. The monoisotopic (exact) mass is 321 g/mol. The number of aliphatic hydroxyl groups is 2. The van der Waals surface area contributed by atoms with Crippen LogP contribution in [0.2, 0.25) is 0 Å². The number of benzene rings is 1. The first-order valence-electron chi connectivity index (χ1n) is 8.20. The van der Waals surface area contributed by atoms with E-state index in [1.54, 1.807) is 18.7 Å². The van der Waals surface area contributed by atoms with Crippen LogP contribution in [0.1, 0.15) is 43.1 Å². The molecule has 2 N–H and O–H groups in total. The number of amides is 1. The van der Waals surface area contributed by atoms with Crippen LogP contribution >= 0.6 is 0 Å². The van der Waals surface area contributed by atoms with Gasteiger partial charge in [0.25, 0.3) is 5.91 Å². The van der Waals surface area contributed by atoms with Crippen molar-refractivity contribution in [2.24, 2.45) is 0 Å². The van der Waals surface area contributed by atoms with E-state index in [0.717, 1.165) is 12.0 Å². The number of hydrogen-bond donors (Lipinski definition) is 2. The van der Waals surface area contributed by atoms with Crippen molar-refractivity contribution in [3.05, 3.63) is 35.4 Å². The Balaban J connectivity index is 2.04. The second kappa shape index (κ2) is 7.43. The van der Waals surface area contributed by atoms with Gasteiger partial charge in [0, 0.05) is 12.1 Å². The molecule has 1 aliphatic heterocycles. The molecule has 1 amide bonds. The first-order valence-corrected chi connectivity index (χ1v) is 8.20. The molecule has 5 nitrogen and oxygen atoms in total. The zero-order valence-electron chi connectivity index (χ0n) is 14.2. The summed E-state index contributed by atoms with van der Waals surface area (Å²) in [5.41, 5.74) is 1.01. The second-order valence-corrected chi connectivity index (χ2v) is 6.77.